The third-order valence-electron chi connectivity index (χ3n) is 2.94. The maximum absolute atomic E-state index is 8.78. The largest absolute Gasteiger partial charge is 0.454 e. The summed E-state index contributed by atoms with van der Waals surface area (Å²) in [7, 11) is 0. The molecule has 1 aromatic rings. The molecule has 1 atom stereocenters. The normalized spacial score (nSPS) is 14.8. The van der Waals surface area contributed by atoms with Crippen LogP contribution >= 0.6 is 15.9 Å². The van der Waals surface area contributed by atoms with Gasteiger partial charge in [0.25, 0.3) is 0 Å². The summed E-state index contributed by atoms with van der Waals surface area (Å²) in [6, 6.07) is 4.43. The second-order valence-electron chi connectivity index (χ2n) is 4.46. The van der Waals surface area contributed by atoms with Crippen molar-refractivity contribution in [3.05, 3.63) is 22.2 Å². The Hall–Kier alpha value is -0.780. The van der Waals surface area contributed by atoms with Crippen LogP contribution in [0.25, 0.3) is 0 Å². The van der Waals surface area contributed by atoms with Crippen LogP contribution in [0.1, 0.15) is 25.3 Å². The van der Waals surface area contributed by atoms with Crippen molar-refractivity contribution in [1.82, 2.24) is 5.32 Å². The minimum atomic E-state index is 0.252. The maximum Gasteiger partial charge on any atom is 0.231 e. The first-order chi connectivity index (χ1) is 8.70. The maximum atomic E-state index is 8.78. The van der Waals surface area contributed by atoms with Crippen LogP contribution in [0, 0.1) is 0 Å². The van der Waals surface area contributed by atoms with E-state index in [-0.39, 0.29) is 13.4 Å². The van der Waals surface area contributed by atoms with Gasteiger partial charge in [-0.1, -0.05) is 0 Å². The van der Waals surface area contributed by atoms with E-state index < -0.39 is 0 Å². The molecule has 1 aliphatic heterocycles. The van der Waals surface area contributed by atoms with Crippen molar-refractivity contribution in [1.29, 1.82) is 0 Å². The lowest BCUT2D eigenvalue weighted by Gasteiger charge is -2.13. The molecule has 0 aliphatic carbocycles. The van der Waals surface area contributed by atoms with Gasteiger partial charge in [-0.2, -0.15) is 0 Å². The first-order valence-electron chi connectivity index (χ1n) is 6.13. The van der Waals surface area contributed by atoms with E-state index in [1.165, 1.54) is 0 Å². The highest BCUT2D eigenvalue weighted by atomic mass is 79.9. The number of rotatable bonds is 6. The molecule has 4 nitrogen and oxygen atoms in total. The predicted molar refractivity (Wildman–Crippen MR) is 72.9 cm³/mol. The topological polar surface area (TPSA) is 50.7 Å². The lowest BCUT2D eigenvalue weighted by Crippen LogP contribution is -2.25. The highest BCUT2D eigenvalue weighted by Crippen LogP contribution is 2.39. The lowest BCUT2D eigenvalue weighted by atomic mass is 10.1. The zero-order chi connectivity index (χ0) is 13.0. The molecule has 5 heteroatoms. The highest BCUT2D eigenvalue weighted by Gasteiger charge is 2.17. The van der Waals surface area contributed by atoms with Gasteiger partial charge in [-0.05, 0) is 53.4 Å². The summed E-state index contributed by atoms with van der Waals surface area (Å²) in [6.07, 6.45) is 1.81. The Bertz CT molecular complexity index is 411. The molecule has 1 unspecified atom stereocenters. The summed E-state index contributed by atoms with van der Waals surface area (Å²) in [5.74, 6) is 1.58. The van der Waals surface area contributed by atoms with Crippen molar-refractivity contribution in [2.45, 2.75) is 32.4 Å². The van der Waals surface area contributed by atoms with E-state index in [1.807, 2.05) is 12.1 Å². The van der Waals surface area contributed by atoms with Crippen molar-refractivity contribution < 1.29 is 14.6 Å². The quantitative estimate of drug-likeness (QED) is 0.846. The van der Waals surface area contributed by atoms with E-state index >= 15 is 0 Å². The molecule has 18 heavy (non-hydrogen) atoms. The van der Waals surface area contributed by atoms with Crippen molar-refractivity contribution in [2.24, 2.45) is 0 Å². The van der Waals surface area contributed by atoms with E-state index in [1.54, 1.807) is 0 Å². The summed E-state index contributed by atoms with van der Waals surface area (Å²) < 4.78 is 11.7. The van der Waals surface area contributed by atoms with Crippen molar-refractivity contribution >= 4 is 15.9 Å². The molecule has 0 amide bonds. The number of hydrogen-bond acceptors (Lipinski definition) is 4. The summed E-state index contributed by atoms with van der Waals surface area (Å²) in [4.78, 5) is 0. The van der Waals surface area contributed by atoms with Crippen LogP contribution in [-0.4, -0.2) is 24.5 Å². The molecular formula is C13H18BrNO3. The Morgan fingerprint density at radius 2 is 2.28 bits per heavy atom. The first kappa shape index (κ1) is 13.6. The van der Waals surface area contributed by atoms with E-state index in [2.05, 4.69) is 28.2 Å². The van der Waals surface area contributed by atoms with Crippen LogP contribution in [0.2, 0.25) is 0 Å². The van der Waals surface area contributed by atoms with Crippen LogP contribution < -0.4 is 14.8 Å². The first-order valence-corrected chi connectivity index (χ1v) is 6.92. The molecule has 0 saturated carbocycles. The van der Waals surface area contributed by atoms with E-state index in [0.29, 0.717) is 6.04 Å². The molecular weight excluding hydrogens is 298 g/mol. The van der Waals surface area contributed by atoms with Crippen LogP contribution in [0.5, 0.6) is 11.5 Å². The van der Waals surface area contributed by atoms with Gasteiger partial charge in [0.05, 0.1) is 4.47 Å². The molecule has 0 aromatic heterocycles. The monoisotopic (exact) mass is 315 g/mol. The number of fused-ring (bicyclic) bond motifs is 1. The van der Waals surface area contributed by atoms with Gasteiger partial charge in [0.2, 0.25) is 6.79 Å². The number of aliphatic hydroxyl groups excluding tert-OH is 1. The number of hydrogen-bond donors (Lipinski definition) is 2. The molecule has 2 rings (SSSR count). The summed E-state index contributed by atoms with van der Waals surface area (Å²) in [5.41, 5.74) is 1.15. The molecule has 1 heterocycles. The van der Waals surface area contributed by atoms with Crippen LogP contribution in [0.4, 0.5) is 0 Å². The zero-order valence-electron chi connectivity index (χ0n) is 10.4. The summed E-state index contributed by atoms with van der Waals surface area (Å²) >= 11 is 3.48. The Labute approximate surface area is 115 Å². The average molecular weight is 316 g/mol. The molecule has 2 N–H and O–H groups in total. The lowest BCUT2D eigenvalue weighted by molar-refractivity contribution is 0.173. The molecule has 1 aromatic carbocycles. The fourth-order valence-corrected chi connectivity index (χ4v) is 2.52. The number of ether oxygens (including phenoxy) is 2. The SMILES string of the molecule is CC(CCCO)NCc1cc(Br)c2c(c1)OCO2. The molecule has 0 spiro atoms. The van der Waals surface area contributed by atoms with E-state index in [9.17, 15) is 0 Å². The van der Waals surface area contributed by atoms with Gasteiger partial charge in [0.15, 0.2) is 11.5 Å². The van der Waals surface area contributed by atoms with Crippen molar-refractivity contribution in [3.63, 3.8) is 0 Å². The van der Waals surface area contributed by atoms with Gasteiger partial charge in [-0.3, -0.25) is 0 Å². The van der Waals surface area contributed by atoms with Gasteiger partial charge >= 0.3 is 0 Å². The third-order valence-corrected chi connectivity index (χ3v) is 3.53. The van der Waals surface area contributed by atoms with Gasteiger partial charge in [0.1, 0.15) is 0 Å². The van der Waals surface area contributed by atoms with Crippen LogP contribution in [0.3, 0.4) is 0 Å². The predicted octanol–water partition coefficient (Wildman–Crippen LogP) is 2.43. The summed E-state index contributed by atoms with van der Waals surface area (Å²) in [5, 5.41) is 12.2. The van der Waals surface area contributed by atoms with Crippen LogP contribution in [-0.2, 0) is 6.54 Å². The minimum Gasteiger partial charge on any atom is -0.454 e. The van der Waals surface area contributed by atoms with Crippen molar-refractivity contribution in [2.75, 3.05) is 13.4 Å². The minimum absolute atomic E-state index is 0.252. The molecule has 0 bridgehead atoms. The van der Waals surface area contributed by atoms with E-state index in [4.69, 9.17) is 14.6 Å². The number of halogens is 1. The second kappa shape index (κ2) is 6.41. The Balaban J connectivity index is 1.92. The Morgan fingerprint density at radius 3 is 3.06 bits per heavy atom. The van der Waals surface area contributed by atoms with Gasteiger partial charge < -0.3 is 19.9 Å². The number of benzene rings is 1. The van der Waals surface area contributed by atoms with Gasteiger partial charge in [-0.25, -0.2) is 0 Å². The fraction of sp³-hybridized carbons (Fsp3) is 0.538. The number of nitrogens with one attached hydrogen (secondary N) is 1. The average Bonchev–Trinajstić information content (AvgIpc) is 2.82. The molecule has 0 fully saturated rings. The van der Waals surface area contributed by atoms with Crippen LogP contribution in [0.15, 0.2) is 16.6 Å². The van der Waals surface area contributed by atoms with Gasteiger partial charge in [0, 0.05) is 19.2 Å². The van der Waals surface area contributed by atoms with Gasteiger partial charge in [-0.15, -0.1) is 0 Å². The molecule has 0 radical (unpaired) electrons. The Morgan fingerprint density at radius 1 is 1.44 bits per heavy atom. The zero-order valence-corrected chi connectivity index (χ0v) is 12.0. The van der Waals surface area contributed by atoms with E-state index in [0.717, 1.165) is 40.9 Å². The highest BCUT2D eigenvalue weighted by molar-refractivity contribution is 9.10. The Kier molecular flexibility index (Phi) is 4.86. The van der Waals surface area contributed by atoms with Crippen molar-refractivity contribution in [3.8, 4) is 11.5 Å². The fourth-order valence-electron chi connectivity index (χ4n) is 1.91. The molecule has 0 saturated heterocycles. The number of aliphatic hydroxyl groups is 1. The smallest absolute Gasteiger partial charge is 0.231 e. The standard InChI is InChI=1S/C13H18BrNO3/c1-9(3-2-4-16)15-7-10-5-11(14)13-12(6-10)17-8-18-13/h5-6,9,15-16H,2-4,7-8H2,1H3. The summed E-state index contributed by atoms with van der Waals surface area (Å²) in [6.45, 7) is 3.44. The molecule has 1 aliphatic rings. The third kappa shape index (κ3) is 3.37. The second-order valence-corrected chi connectivity index (χ2v) is 5.31. The molecule has 100 valence electrons.